The van der Waals surface area contributed by atoms with E-state index in [4.69, 9.17) is 14.5 Å². The van der Waals surface area contributed by atoms with Crippen LogP contribution in [0.1, 0.15) is 5.56 Å². The van der Waals surface area contributed by atoms with Gasteiger partial charge < -0.3 is 14.8 Å². The Morgan fingerprint density at radius 1 is 1.04 bits per heavy atom. The molecule has 2 aromatic carbocycles. The predicted octanol–water partition coefficient (Wildman–Crippen LogP) is 3.35. The van der Waals surface area contributed by atoms with Crippen molar-refractivity contribution in [3.05, 3.63) is 48.3 Å². The van der Waals surface area contributed by atoms with Gasteiger partial charge in [0.1, 0.15) is 17.8 Å². The fraction of sp³-hybridized carbons (Fsp3) is 0.167. The van der Waals surface area contributed by atoms with Gasteiger partial charge in [-0.05, 0) is 36.8 Å². The van der Waals surface area contributed by atoms with Gasteiger partial charge in [0.2, 0.25) is 5.65 Å². The molecule has 0 saturated heterocycles. The summed E-state index contributed by atoms with van der Waals surface area (Å²) in [6.07, 6.45) is 1.69. The average molecular weight is 335 g/mol. The van der Waals surface area contributed by atoms with Crippen molar-refractivity contribution >= 4 is 28.2 Å². The van der Waals surface area contributed by atoms with Crippen molar-refractivity contribution in [1.29, 1.82) is 0 Å². The van der Waals surface area contributed by atoms with E-state index in [0.29, 0.717) is 17.2 Å². The lowest BCUT2D eigenvalue weighted by atomic mass is 10.2. The maximum Gasteiger partial charge on any atom is 0.204 e. The minimum absolute atomic E-state index is 0.609. The summed E-state index contributed by atoms with van der Waals surface area (Å²) < 4.78 is 12.6. The van der Waals surface area contributed by atoms with Crippen LogP contribution in [0.3, 0.4) is 0 Å². The van der Waals surface area contributed by atoms with Gasteiger partial charge in [-0.15, -0.1) is 10.2 Å². The van der Waals surface area contributed by atoms with E-state index in [1.807, 2.05) is 41.7 Å². The monoisotopic (exact) mass is 335 g/mol. The molecule has 0 spiro atoms. The molecule has 2 aromatic heterocycles. The number of rotatable bonds is 4. The summed E-state index contributed by atoms with van der Waals surface area (Å²) in [5, 5.41) is 11.5. The van der Waals surface area contributed by atoms with E-state index in [1.165, 1.54) is 0 Å². The Labute approximate surface area is 144 Å². The zero-order valence-electron chi connectivity index (χ0n) is 14.1. The first kappa shape index (κ1) is 15.2. The fourth-order valence-corrected chi connectivity index (χ4v) is 2.78. The molecule has 0 radical (unpaired) electrons. The highest BCUT2D eigenvalue weighted by Crippen LogP contribution is 2.32. The van der Waals surface area contributed by atoms with Gasteiger partial charge in [0.05, 0.1) is 30.9 Å². The molecular formula is C18H17N5O2. The molecule has 4 aromatic rings. The van der Waals surface area contributed by atoms with E-state index in [0.717, 1.165) is 28.0 Å². The lowest BCUT2D eigenvalue weighted by Gasteiger charge is -2.13. The number of nitrogens with one attached hydrogen (secondary N) is 1. The summed E-state index contributed by atoms with van der Waals surface area (Å²) in [5.74, 6) is 1.98. The number of anilines is 2. The van der Waals surface area contributed by atoms with Crippen molar-refractivity contribution in [2.24, 2.45) is 0 Å². The van der Waals surface area contributed by atoms with E-state index in [2.05, 4.69) is 21.6 Å². The zero-order valence-corrected chi connectivity index (χ0v) is 14.1. The first-order valence-corrected chi connectivity index (χ1v) is 7.79. The van der Waals surface area contributed by atoms with E-state index in [9.17, 15) is 0 Å². The predicted molar refractivity (Wildman–Crippen MR) is 95.9 cm³/mol. The van der Waals surface area contributed by atoms with E-state index < -0.39 is 0 Å². The lowest BCUT2D eigenvalue weighted by molar-refractivity contribution is 0.395. The standard InChI is InChI=1S/C18H17N5O2/c1-11-4-6-13-15(8-11)23-10-19-22-18(23)17(20-13)21-14-7-5-12(24-2)9-16(14)25-3/h4-10H,1-3H3,(H,20,21). The van der Waals surface area contributed by atoms with Crippen LogP contribution in [-0.4, -0.2) is 33.8 Å². The zero-order chi connectivity index (χ0) is 17.4. The molecule has 0 unspecified atom stereocenters. The van der Waals surface area contributed by atoms with Gasteiger partial charge >= 0.3 is 0 Å². The molecule has 0 aliphatic heterocycles. The number of methoxy groups -OCH3 is 2. The van der Waals surface area contributed by atoms with Gasteiger partial charge in [-0.1, -0.05) is 6.07 Å². The average Bonchev–Trinajstić information content (AvgIpc) is 3.13. The van der Waals surface area contributed by atoms with Crippen LogP contribution in [0.15, 0.2) is 42.7 Å². The summed E-state index contributed by atoms with van der Waals surface area (Å²) >= 11 is 0. The van der Waals surface area contributed by atoms with E-state index in [1.54, 1.807) is 20.5 Å². The van der Waals surface area contributed by atoms with Gasteiger partial charge in [0.25, 0.3) is 0 Å². The van der Waals surface area contributed by atoms with Crippen LogP contribution in [0.5, 0.6) is 11.5 Å². The molecule has 25 heavy (non-hydrogen) atoms. The van der Waals surface area contributed by atoms with Crippen LogP contribution in [0.4, 0.5) is 11.5 Å². The molecule has 1 N–H and O–H groups in total. The van der Waals surface area contributed by atoms with Crippen LogP contribution < -0.4 is 14.8 Å². The summed E-state index contributed by atoms with van der Waals surface area (Å²) in [5.41, 5.74) is 4.39. The number of aromatic nitrogens is 4. The molecule has 0 bridgehead atoms. The second-order valence-electron chi connectivity index (χ2n) is 5.67. The number of ether oxygens (including phenoxy) is 2. The van der Waals surface area contributed by atoms with Crippen LogP contribution >= 0.6 is 0 Å². The lowest BCUT2D eigenvalue weighted by Crippen LogP contribution is -2.02. The quantitative estimate of drug-likeness (QED) is 0.616. The SMILES string of the molecule is COc1ccc(Nc2nc3ccc(C)cc3n3cnnc23)c(OC)c1. The van der Waals surface area contributed by atoms with Crippen molar-refractivity contribution in [2.45, 2.75) is 6.92 Å². The Morgan fingerprint density at radius 2 is 1.92 bits per heavy atom. The third-order valence-corrected chi connectivity index (χ3v) is 4.04. The molecule has 126 valence electrons. The molecular weight excluding hydrogens is 318 g/mol. The molecule has 7 heteroatoms. The van der Waals surface area contributed by atoms with Gasteiger partial charge in [0, 0.05) is 6.07 Å². The van der Waals surface area contributed by atoms with E-state index in [-0.39, 0.29) is 0 Å². The number of hydrogen-bond acceptors (Lipinski definition) is 6. The Bertz CT molecular complexity index is 1070. The highest BCUT2D eigenvalue weighted by molar-refractivity contribution is 5.85. The van der Waals surface area contributed by atoms with Crippen LogP contribution in [0, 0.1) is 6.92 Å². The Balaban J connectivity index is 1.86. The summed E-state index contributed by atoms with van der Waals surface area (Å²) in [6.45, 7) is 2.05. The smallest absolute Gasteiger partial charge is 0.204 e. The third-order valence-electron chi connectivity index (χ3n) is 4.04. The number of nitrogens with zero attached hydrogens (tertiary/aromatic N) is 4. The highest BCUT2D eigenvalue weighted by atomic mass is 16.5. The Kier molecular flexibility index (Phi) is 3.61. The molecule has 0 aliphatic rings. The summed E-state index contributed by atoms with van der Waals surface area (Å²) in [4.78, 5) is 4.71. The van der Waals surface area contributed by atoms with Crippen molar-refractivity contribution < 1.29 is 9.47 Å². The topological polar surface area (TPSA) is 73.6 Å². The highest BCUT2D eigenvalue weighted by Gasteiger charge is 2.13. The molecule has 7 nitrogen and oxygen atoms in total. The van der Waals surface area contributed by atoms with Crippen LogP contribution in [0.2, 0.25) is 0 Å². The largest absolute Gasteiger partial charge is 0.497 e. The van der Waals surface area contributed by atoms with Crippen molar-refractivity contribution in [2.75, 3.05) is 19.5 Å². The minimum atomic E-state index is 0.609. The number of fused-ring (bicyclic) bond motifs is 3. The molecule has 0 fully saturated rings. The Hall–Kier alpha value is -3.35. The second kappa shape index (κ2) is 5.94. The second-order valence-corrected chi connectivity index (χ2v) is 5.67. The first-order chi connectivity index (χ1) is 12.2. The van der Waals surface area contributed by atoms with Gasteiger partial charge in [-0.25, -0.2) is 4.98 Å². The number of benzene rings is 2. The van der Waals surface area contributed by atoms with Gasteiger partial charge in [0.15, 0.2) is 5.82 Å². The van der Waals surface area contributed by atoms with Crippen LogP contribution in [-0.2, 0) is 0 Å². The third kappa shape index (κ3) is 2.59. The molecule has 0 amide bonds. The molecule has 0 saturated carbocycles. The maximum absolute atomic E-state index is 5.44. The van der Waals surface area contributed by atoms with Crippen molar-refractivity contribution in [3.63, 3.8) is 0 Å². The Morgan fingerprint density at radius 3 is 2.72 bits per heavy atom. The number of hydrogen-bond donors (Lipinski definition) is 1. The van der Waals surface area contributed by atoms with Gasteiger partial charge in [-0.3, -0.25) is 4.40 Å². The minimum Gasteiger partial charge on any atom is -0.497 e. The molecule has 4 rings (SSSR count). The fourth-order valence-electron chi connectivity index (χ4n) is 2.78. The van der Waals surface area contributed by atoms with E-state index >= 15 is 0 Å². The maximum atomic E-state index is 5.44. The first-order valence-electron chi connectivity index (χ1n) is 7.79. The van der Waals surface area contributed by atoms with Gasteiger partial charge in [-0.2, -0.15) is 0 Å². The van der Waals surface area contributed by atoms with Crippen molar-refractivity contribution in [3.8, 4) is 11.5 Å². The summed E-state index contributed by atoms with van der Waals surface area (Å²) in [6, 6.07) is 11.6. The molecule has 0 atom stereocenters. The van der Waals surface area contributed by atoms with Crippen molar-refractivity contribution in [1.82, 2.24) is 19.6 Å². The molecule has 2 heterocycles. The number of aryl methyl sites for hydroxylation is 1. The molecule has 0 aliphatic carbocycles. The van der Waals surface area contributed by atoms with Crippen LogP contribution in [0.25, 0.3) is 16.7 Å². The summed E-state index contributed by atoms with van der Waals surface area (Å²) in [7, 11) is 3.23. The normalized spacial score (nSPS) is 11.0.